The topological polar surface area (TPSA) is 88.2 Å². The van der Waals surface area contributed by atoms with E-state index in [2.05, 4.69) is 15.7 Å². The molecule has 10 heteroatoms. The summed E-state index contributed by atoms with van der Waals surface area (Å²) in [6.07, 6.45) is 2.87. The number of aromatic nitrogens is 2. The summed E-state index contributed by atoms with van der Waals surface area (Å²) in [4.78, 5) is 13.5. The fraction of sp³-hybridized carbons (Fsp3) is 0.714. The van der Waals surface area contributed by atoms with Gasteiger partial charge in [-0.25, -0.2) is 18.0 Å². The number of halogens is 3. The van der Waals surface area contributed by atoms with Crippen molar-refractivity contribution in [3.05, 3.63) is 18.0 Å². The van der Waals surface area contributed by atoms with Crippen LogP contribution in [0.1, 0.15) is 12.0 Å². The highest BCUT2D eigenvalue weighted by Crippen LogP contribution is 2.22. The lowest BCUT2D eigenvalue weighted by Gasteiger charge is -2.24. The number of hydrogen-bond donors (Lipinski definition) is 3. The highest BCUT2D eigenvalue weighted by molar-refractivity contribution is 5.73. The number of hydrogen-bond acceptors (Lipinski definition) is 4. The van der Waals surface area contributed by atoms with E-state index in [0.29, 0.717) is 13.0 Å². The predicted molar refractivity (Wildman–Crippen MR) is 82.3 cm³/mol. The van der Waals surface area contributed by atoms with Crippen molar-refractivity contribution in [2.45, 2.75) is 31.1 Å². The molecular formula is C14H23F3N6O. The molecule has 2 rings (SSSR count). The van der Waals surface area contributed by atoms with Crippen molar-refractivity contribution in [1.29, 1.82) is 0 Å². The van der Waals surface area contributed by atoms with Crippen molar-refractivity contribution in [1.82, 2.24) is 25.3 Å². The highest BCUT2D eigenvalue weighted by atomic mass is 19.3. The van der Waals surface area contributed by atoms with Crippen LogP contribution in [0.4, 0.5) is 18.0 Å². The number of nitrogens with one attached hydrogen (secondary N) is 2. The second-order valence-electron chi connectivity index (χ2n) is 6.06. The van der Waals surface area contributed by atoms with E-state index in [0.717, 1.165) is 5.56 Å². The van der Waals surface area contributed by atoms with Gasteiger partial charge in [-0.2, -0.15) is 5.10 Å². The molecule has 1 aromatic heterocycles. The van der Waals surface area contributed by atoms with Crippen molar-refractivity contribution in [2.75, 3.05) is 26.2 Å². The zero-order chi connectivity index (χ0) is 17.7. The quantitative estimate of drug-likeness (QED) is 0.658. The van der Waals surface area contributed by atoms with Gasteiger partial charge >= 0.3 is 6.03 Å². The van der Waals surface area contributed by atoms with Gasteiger partial charge in [0, 0.05) is 44.5 Å². The summed E-state index contributed by atoms with van der Waals surface area (Å²) in [5.74, 6) is -3.14. The van der Waals surface area contributed by atoms with Crippen LogP contribution in [0.2, 0.25) is 0 Å². The van der Waals surface area contributed by atoms with Gasteiger partial charge in [-0.05, 0) is 6.42 Å². The first kappa shape index (κ1) is 18.5. The van der Waals surface area contributed by atoms with Crippen LogP contribution in [0.5, 0.6) is 0 Å². The minimum atomic E-state index is -3.14. The van der Waals surface area contributed by atoms with Crippen molar-refractivity contribution >= 4 is 6.03 Å². The maximum atomic E-state index is 13.7. The summed E-state index contributed by atoms with van der Waals surface area (Å²) in [5, 5.41) is 8.65. The predicted octanol–water partition coefficient (Wildman–Crippen LogP) is 0.226. The van der Waals surface area contributed by atoms with Gasteiger partial charge in [0.25, 0.3) is 5.92 Å². The van der Waals surface area contributed by atoms with Gasteiger partial charge in [0.15, 0.2) is 0 Å². The fourth-order valence-electron chi connectivity index (χ4n) is 2.67. The Morgan fingerprint density at radius 1 is 1.50 bits per heavy atom. The van der Waals surface area contributed by atoms with Crippen LogP contribution >= 0.6 is 0 Å². The molecule has 0 saturated carbocycles. The van der Waals surface area contributed by atoms with Crippen LogP contribution in [0, 0.1) is 0 Å². The molecule has 0 spiro atoms. The summed E-state index contributed by atoms with van der Waals surface area (Å²) in [6, 6.07) is -0.910. The molecule has 1 saturated heterocycles. The molecule has 2 amide bonds. The first-order valence-corrected chi connectivity index (χ1v) is 7.74. The number of carbonyl (C=O) groups excluding carboxylic acids is 1. The Balaban J connectivity index is 1.80. The summed E-state index contributed by atoms with van der Waals surface area (Å²) in [7, 11) is 1.80. The zero-order valence-electron chi connectivity index (χ0n) is 13.5. The molecular weight excluding hydrogens is 325 g/mol. The number of urea groups is 1. The van der Waals surface area contributed by atoms with Gasteiger partial charge in [0.05, 0.1) is 19.3 Å². The van der Waals surface area contributed by atoms with Gasteiger partial charge in [0.1, 0.15) is 6.17 Å². The third-order valence-electron chi connectivity index (χ3n) is 3.93. The SMILES string of the molecule is Cn1cc(CN2C[C@@H](F)C[C@H]2CNC(=O)NCC(F)(F)CN)cn1. The van der Waals surface area contributed by atoms with Gasteiger partial charge in [0.2, 0.25) is 0 Å². The molecule has 136 valence electrons. The Kier molecular flexibility index (Phi) is 6.05. The number of amides is 2. The standard InChI is InChI=1S/C14H23F3N6O/c1-22-5-10(3-21-22)6-23-7-11(15)2-12(23)4-19-13(24)20-9-14(16,17)8-18/h3,5,11-12H,2,4,6-9,18H2,1H3,(H2,19,20,24)/t11-,12-/m0/s1. The van der Waals surface area contributed by atoms with E-state index >= 15 is 0 Å². The van der Waals surface area contributed by atoms with E-state index in [1.54, 1.807) is 17.9 Å². The second-order valence-corrected chi connectivity index (χ2v) is 6.06. The molecule has 4 N–H and O–H groups in total. The summed E-state index contributed by atoms with van der Waals surface area (Å²) in [6.45, 7) is -0.689. The maximum absolute atomic E-state index is 13.7. The molecule has 0 aromatic carbocycles. The fourth-order valence-corrected chi connectivity index (χ4v) is 2.67. The van der Waals surface area contributed by atoms with E-state index in [9.17, 15) is 18.0 Å². The third kappa shape index (κ3) is 5.38. The lowest BCUT2D eigenvalue weighted by atomic mass is 10.2. The Morgan fingerprint density at radius 3 is 2.88 bits per heavy atom. The van der Waals surface area contributed by atoms with E-state index in [1.165, 1.54) is 0 Å². The van der Waals surface area contributed by atoms with E-state index in [1.807, 2.05) is 11.1 Å². The Bertz CT molecular complexity index is 552. The van der Waals surface area contributed by atoms with E-state index in [4.69, 9.17) is 5.73 Å². The molecule has 24 heavy (non-hydrogen) atoms. The van der Waals surface area contributed by atoms with Crippen LogP contribution in [-0.2, 0) is 13.6 Å². The number of alkyl halides is 3. The maximum Gasteiger partial charge on any atom is 0.315 e. The molecule has 0 radical (unpaired) electrons. The first-order valence-electron chi connectivity index (χ1n) is 7.74. The number of aryl methyl sites for hydroxylation is 1. The Hall–Kier alpha value is -1.81. The monoisotopic (exact) mass is 348 g/mol. The molecule has 0 unspecified atom stereocenters. The molecule has 1 aliphatic rings. The number of likely N-dealkylation sites (tertiary alicyclic amines) is 1. The molecule has 0 bridgehead atoms. The second kappa shape index (κ2) is 7.84. The van der Waals surface area contributed by atoms with Crippen LogP contribution in [0.15, 0.2) is 12.4 Å². The molecule has 1 fully saturated rings. The van der Waals surface area contributed by atoms with Crippen LogP contribution in [-0.4, -0.2) is 65.0 Å². The molecule has 1 aromatic rings. The van der Waals surface area contributed by atoms with Gasteiger partial charge in [-0.3, -0.25) is 9.58 Å². The number of carbonyl (C=O) groups is 1. The van der Waals surface area contributed by atoms with Gasteiger partial charge in [-0.15, -0.1) is 0 Å². The largest absolute Gasteiger partial charge is 0.337 e. The van der Waals surface area contributed by atoms with E-state index in [-0.39, 0.29) is 19.1 Å². The number of nitrogens with two attached hydrogens (primary N) is 1. The lowest BCUT2D eigenvalue weighted by molar-refractivity contribution is 0.0143. The van der Waals surface area contributed by atoms with Crippen molar-refractivity contribution < 1.29 is 18.0 Å². The molecule has 1 aliphatic heterocycles. The van der Waals surface area contributed by atoms with Gasteiger partial charge < -0.3 is 16.4 Å². The van der Waals surface area contributed by atoms with Crippen molar-refractivity contribution in [3.63, 3.8) is 0 Å². The van der Waals surface area contributed by atoms with Crippen LogP contribution < -0.4 is 16.4 Å². The molecule has 2 heterocycles. The van der Waals surface area contributed by atoms with Crippen molar-refractivity contribution in [3.8, 4) is 0 Å². The normalized spacial score (nSPS) is 21.9. The Morgan fingerprint density at radius 2 is 2.25 bits per heavy atom. The Labute approximate surface area is 138 Å². The smallest absolute Gasteiger partial charge is 0.315 e. The van der Waals surface area contributed by atoms with E-state index < -0.39 is 31.2 Å². The minimum absolute atomic E-state index is 0.181. The van der Waals surface area contributed by atoms with Gasteiger partial charge in [-0.1, -0.05) is 0 Å². The average Bonchev–Trinajstić information content (AvgIpc) is 3.09. The zero-order valence-corrected chi connectivity index (χ0v) is 13.5. The molecule has 7 nitrogen and oxygen atoms in total. The summed E-state index contributed by atoms with van der Waals surface area (Å²) >= 11 is 0. The molecule has 0 aliphatic carbocycles. The number of rotatable bonds is 7. The summed E-state index contributed by atoms with van der Waals surface area (Å²) in [5.41, 5.74) is 5.85. The molecule has 2 atom stereocenters. The first-order chi connectivity index (χ1) is 11.3. The van der Waals surface area contributed by atoms with Crippen LogP contribution in [0.3, 0.4) is 0 Å². The lowest BCUT2D eigenvalue weighted by Crippen LogP contribution is -2.48. The van der Waals surface area contributed by atoms with Crippen molar-refractivity contribution in [2.24, 2.45) is 12.8 Å². The highest BCUT2D eigenvalue weighted by Gasteiger charge is 2.32. The summed E-state index contributed by atoms with van der Waals surface area (Å²) < 4.78 is 41.3. The average molecular weight is 348 g/mol. The minimum Gasteiger partial charge on any atom is -0.337 e. The number of nitrogens with zero attached hydrogens (tertiary/aromatic N) is 3. The van der Waals surface area contributed by atoms with Crippen LogP contribution in [0.25, 0.3) is 0 Å². The third-order valence-corrected chi connectivity index (χ3v) is 3.93.